The van der Waals surface area contributed by atoms with Gasteiger partial charge in [-0.05, 0) is 78.9 Å². The van der Waals surface area contributed by atoms with Crippen LogP contribution in [0, 0.1) is 0 Å². The van der Waals surface area contributed by atoms with Gasteiger partial charge in [-0.1, -0.05) is 231 Å². The zero-order chi connectivity index (χ0) is 40.1. The van der Waals surface area contributed by atoms with Gasteiger partial charge in [-0.25, -0.2) is 9.97 Å². The molecule has 0 amide bonds. The lowest BCUT2D eigenvalue weighted by molar-refractivity contribution is 1.18. The molecule has 0 spiro atoms. The molecular weight excluding hydrogens is 725 g/mol. The van der Waals surface area contributed by atoms with Crippen molar-refractivity contribution in [1.82, 2.24) is 9.97 Å². The Morgan fingerprint density at radius 2 is 0.483 bits per heavy atom. The van der Waals surface area contributed by atoms with E-state index in [1.807, 2.05) is 12.1 Å². The molecule has 0 bridgehead atoms. The number of aromatic nitrogens is 2. The molecular formula is C58H40N2. The van der Waals surface area contributed by atoms with Crippen molar-refractivity contribution < 1.29 is 0 Å². The van der Waals surface area contributed by atoms with Crippen molar-refractivity contribution in [3.63, 3.8) is 0 Å². The van der Waals surface area contributed by atoms with Crippen molar-refractivity contribution in [1.29, 1.82) is 0 Å². The molecule has 60 heavy (non-hydrogen) atoms. The predicted molar refractivity (Wildman–Crippen MR) is 251 cm³/mol. The van der Waals surface area contributed by atoms with Crippen LogP contribution in [0.4, 0.5) is 0 Å². The number of benzene rings is 9. The molecule has 0 aliphatic carbocycles. The van der Waals surface area contributed by atoms with E-state index in [1.165, 1.54) is 50.1 Å². The van der Waals surface area contributed by atoms with Crippen LogP contribution in [0.25, 0.3) is 101 Å². The van der Waals surface area contributed by atoms with Gasteiger partial charge in [-0.2, -0.15) is 0 Å². The summed E-state index contributed by atoms with van der Waals surface area (Å²) in [6, 6.07) is 86.1. The molecule has 1 aromatic heterocycles. The minimum atomic E-state index is 0.693. The van der Waals surface area contributed by atoms with Gasteiger partial charge in [0.05, 0.1) is 11.4 Å². The van der Waals surface area contributed by atoms with Gasteiger partial charge in [0.2, 0.25) is 0 Å². The molecule has 1 heterocycles. The average Bonchev–Trinajstić information content (AvgIpc) is 3.35. The molecule has 10 rings (SSSR count). The van der Waals surface area contributed by atoms with Crippen LogP contribution in [0.3, 0.4) is 0 Å². The van der Waals surface area contributed by atoms with E-state index in [-0.39, 0.29) is 0 Å². The number of hydrogen-bond donors (Lipinski definition) is 0. The first-order valence-corrected chi connectivity index (χ1v) is 20.4. The molecule has 0 saturated heterocycles. The highest BCUT2D eigenvalue weighted by atomic mass is 14.9. The van der Waals surface area contributed by atoms with Crippen LogP contribution < -0.4 is 0 Å². The van der Waals surface area contributed by atoms with Crippen molar-refractivity contribution in [3.8, 4) is 101 Å². The second kappa shape index (κ2) is 16.5. The van der Waals surface area contributed by atoms with Crippen LogP contribution >= 0.6 is 0 Å². The van der Waals surface area contributed by atoms with Gasteiger partial charge >= 0.3 is 0 Å². The molecule has 0 saturated carbocycles. The molecule has 0 atom stereocenters. The Morgan fingerprint density at radius 3 is 0.933 bits per heavy atom. The molecule has 2 nitrogen and oxygen atoms in total. The molecule has 0 N–H and O–H groups in total. The van der Waals surface area contributed by atoms with Crippen LogP contribution in [0.15, 0.2) is 243 Å². The van der Waals surface area contributed by atoms with Crippen molar-refractivity contribution in [2.24, 2.45) is 0 Å². The van der Waals surface area contributed by atoms with E-state index >= 15 is 0 Å². The number of nitrogens with zero attached hydrogens (tertiary/aromatic N) is 2. The molecule has 0 radical (unpaired) electrons. The third-order valence-corrected chi connectivity index (χ3v) is 11.1. The topological polar surface area (TPSA) is 25.8 Å². The van der Waals surface area contributed by atoms with Crippen LogP contribution in [0.2, 0.25) is 0 Å². The van der Waals surface area contributed by atoms with E-state index in [0.29, 0.717) is 5.82 Å². The van der Waals surface area contributed by atoms with Crippen LogP contribution in [0.1, 0.15) is 0 Å². The fraction of sp³-hybridized carbons (Fsp3) is 0. The fourth-order valence-corrected chi connectivity index (χ4v) is 8.20. The summed E-state index contributed by atoms with van der Waals surface area (Å²) in [5, 5.41) is 0. The summed E-state index contributed by atoms with van der Waals surface area (Å²) in [6.07, 6.45) is 0. The second-order valence-electron chi connectivity index (χ2n) is 14.9. The maximum absolute atomic E-state index is 5.21. The van der Waals surface area contributed by atoms with Gasteiger partial charge in [0.15, 0.2) is 5.82 Å². The lowest BCUT2D eigenvalue weighted by Gasteiger charge is -2.24. The summed E-state index contributed by atoms with van der Waals surface area (Å²) in [5.74, 6) is 0.693. The van der Waals surface area contributed by atoms with Crippen molar-refractivity contribution in [2.45, 2.75) is 0 Å². The molecule has 2 heteroatoms. The van der Waals surface area contributed by atoms with E-state index in [2.05, 4.69) is 231 Å². The summed E-state index contributed by atoms with van der Waals surface area (Å²) >= 11 is 0. The Hall–Kier alpha value is -7.94. The Bertz CT molecular complexity index is 3000. The Kier molecular flexibility index (Phi) is 10.0. The maximum Gasteiger partial charge on any atom is 0.160 e. The van der Waals surface area contributed by atoms with E-state index in [4.69, 9.17) is 9.97 Å². The monoisotopic (exact) mass is 764 g/mol. The summed E-state index contributed by atoms with van der Waals surface area (Å²) < 4.78 is 0. The zero-order valence-corrected chi connectivity index (χ0v) is 33.0. The van der Waals surface area contributed by atoms with Gasteiger partial charge in [0.1, 0.15) is 0 Å². The van der Waals surface area contributed by atoms with Crippen LogP contribution in [0.5, 0.6) is 0 Å². The maximum atomic E-state index is 5.21. The standard InChI is InChI=1S/C58H40N2/c1-7-19-41(20-8-1)42-31-37-50(38-32-42)58-59-53(45-23-11-3-12-24-45)40-54(60-58)46-35-33-44(34-36-46)52-39-51(43-21-9-2-10-22-43)55(47-25-13-4-14-26-47)57(49-29-17-6-18-30-49)56(52)48-27-15-5-16-28-48/h1-40H. The third kappa shape index (κ3) is 7.35. The minimum Gasteiger partial charge on any atom is -0.228 e. The Labute approximate surface area is 351 Å². The normalized spacial score (nSPS) is 11.0. The molecule has 9 aromatic carbocycles. The fourth-order valence-electron chi connectivity index (χ4n) is 8.20. The summed E-state index contributed by atoms with van der Waals surface area (Å²) in [6.45, 7) is 0. The largest absolute Gasteiger partial charge is 0.228 e. The highest BCUT2D eigenvalue weighted by Gasteiger charge is 2.24. The van der Waals surface area contributed by atoms with Crippen molar-refractivity contribution in [2.75, 3.05) is 0 Å². The Morgan fingerprint density at radius 1 is 0.200 bits per heavy atom. The first-order valence-electron chi connectivity index (χ1n) is 20.4. The molecule has 282 valence electrons. The quantitative estimate of drug-likeness (QED) is 0.146. The number of rotatable bonds is 9. The lowest BCUT2D eigenvalue weighted by atomic mass is 9.79. The Balaban J connectivity index is 1.16. The average molecular weight is 765 g/mol. The molecule has 0 fully saturated rings. The second-order valence-corrected chi connectivity index (χ2v) is 14.9. The van der Waals surface area contributed by atoms with E-state index in [1.54, 1.807) is 0 Å². The van der Waals surface area contributed by atoms with Crippen LogP contribution in [-0.4, -0.2) is 9.97 Å². The SMILES string of the molecule is c1ccc(-c2ccc(-c3nc(-c4ccccc4)cc(-c4ccc(-c5cc(-c6ccccc6)c(-c6ccccc6)c(-c6ccccc6)c5-c5ccccc5)cc4)n3)cc2)cc1. The van der Waals surface area contributed by atoms with E-state index < -0.39 is 0 Å². The summed E-state index contributed by atoms with van der Waals surface area (Å²) in [4.78, 5) is 10.3. The van der Waals surface area contributed by atoms with Gasteiger partial charge in [0.25, 0.3) is 0 Å². The van der Waals surface area contributed by atoms with Crippen molar-refractivity contribution in [3.05, 3.63) is 243 Å². The third-order valence-electron chi connectivity index (χ3n) is 11.1. The lowest BCUT2D eigenvalue weighted by Crippen LogP contribution is -1.98. The predicted octanol–water partition coefficient (Wildman–Crippen LogP) is 15.5. The first-order chi connectivity index (χ1) is 29.8. The van der Waals surface area contributed by atoms with Crippen molar-refractivity contribution >= 4 is 0 Å². The van der Waals surface area contributed by atoms with Gasteiger partial charge < -0.3 is 0 Å². The smallest absolute Gasteiger partial charge is 0.160 e. The zero-order valence-electron chi connectivity index (χ0n) is 33.0. The minimum absolute atomic E-state index is 0.693. The number of hydrogen-bond acceptors (Lipinski definition) is 2. The summed E-state index contributed by atoms with van der Waals surface area (Å²) in [5.41, 5.74) is 18.9. The highest BCUT2D eigenvalue weighted by Crippen LogP contribution is 2.50. The summed E-state index contributed by atoms with van der Waals surface area (Å²) in [7, 11) is 0. The first kappa shape index (κ1) is 36.4. The van der Waals surface area contributed by atoms with Gasteiger partial charge in [0, 0.05) is 16.7 Å². The van der Waals surface area contributed by atoms with Crippen LogP contribution in [-0.2, 0) is 0 Å². The van der Waals surface area contributed by atoms with E-state index in [9.17, 15) is 0 Å². The molecule has 0 unspecified atom stereocenters. The van der Waals surface area contributed by atoms with Gasteiger partial charge in [-0.3, -0.25) is 0 Å². The molecule has 10 aromatic rings. The van der Waals surface area contributed by atoms with E-state index in [0.717, 1.165) is 44.8 Å². The van der Waals surface area contributed by atoms with Gasteiger partial charge in [-0.15, -0.1) is 0 Å². The molecule has 0 aliphatic heterocycles. The molecule has 0 aliphatic rings. The highest BCUT2D eigenvalue weighted by molar-refractivity contribution is 6.07.